The van der Waals surface area contributed by atoms with Crippen LogP contribution in [-0.4, -0.2) is 6.18 Å². The standard InChI is InChI=1S/C16H27F3/c1-13(2,3)12-8-11(12)9-14(4,5)10-15(6-7-15)16(17,18)19/h11-12H,6-10H2,1-5H3. The fourth-order valence-electron chi connectivity index (χ4n) is 3.94. The third-order valence-corrected chi connectivity index (χ3v) is 5.12. The van der Waals surface area contributed by atoms with E-state index in [4.69, 9.17) is 0 Å². The first-order chi connectivity index (χ1) is 8.36. The Bertz CT molecular complexity index is 342. The van der Waals surface area contributed by atoms with Gasteiger partial charge in [-0.2, -0.15) is 13.2 Å². The second-order valence-electron chi connectivity index (χ2n) is 8.79. The van der Waals surface area contributed by atoms with Crippen LogP contribution >= 0.6 is 0 Å². The van der Waals surface area contributed by atoms with Crippen molar-refractivity contribution in [3.63, 3.8) is 0 Å². The van der Waals surface area contributed by atoms with Crippen LogP contribution < -0.4 is 0 Å². The molecular weight excluding hydrogens is 249 g/mol. The highest BCUT2D eigenvalue weighted by molar-refractivity contribution is 5.04. The third-order valence-electron chi connectivity index (χ3n) is 5.12. The SMILES string of the molecule is CC(C)(CC1CC1C(C)(C)C)CC1(C(F)(F)F)CC1. The Morgan fingerprint density at radius 1 is 1.00 bits per heavy atom. The maximum Gasteiger partial charge on any atom is 0.394 e. The lowest BCUT2D eigenvalue weighted by molar-refractivity contribution is -0.195. The van der Waals surface area contributed by atoms with Crippen molar-refractivity contribution in [2.45, 2.75) is 72.9 Å². The average molecular weight is 276 g/mol. The van der Waals surface area contributed by atoms with Crippen LogP contribution in [0.15, 0.2) is 0 Å². The van der Waals surface area contributed by atoms with Gasteiger partial charge in [-0.15, -0.1) is 0 Å². The maximum absolute atomic E-state index is 13.0. The predicted octanol–water partition coefficient (Wildman–Crippen LogP) is 5.82. The molecule has 2 saturated carbocycles. The van der Waals surface area contributed by atoms with E-state index in [2.05, 4.69) is 20.8 Å². The van der Waals surface area contributed by atoms with Crippen LogP contribution in [0.5, 0.6) is 0 Å². The Hall–Kier alpha value is -0.210. The molecule has 2 fully saturated rings. The van der Waals surface area contributed by atoms with E-state index in [0.29, 0.717) is 36.5 Å². The molecule has 0 spiro atoms. The van der Waals surface area contributed by atoms with E-state index in [1.807, 2.05) is 13.8 Å². The monoisotopic (exact) mass is 276 g/mol. The van der Waals surface area contributed by atoms with Crippen molar-refractivity contribution in [3.8, 4) is 0 Å². The fourth-order valence-corrected chi connectivity index (χ4v) is 3.94. The molecule has 0 amide bonds. The summed E-state index contributed by atoms with van der Waals surface area (Å²) < 4.78 is 39.1. The number of alkyl halides is 3. The quantitative estimate of drug-likeness (QED) is 0.607. The first-order valence-corrected chi connectivity index (χ1v) is 7.43. The molecule has 0 nitrogen and oxygen atoms in total. The summed E-state index contributed by atoms with van der Waals surface area (Å²) in [5.41, 5.74) is -1.22. The zero-order valence-corrected chi connectivity index (χ0v) is 12.8. The number of hydrogen-bond donors (Lipinski definition) is 0. The van der Waals surface area contributed by atoms with E-state index in [-0.39, 0.29) is 5.41 Å². The highest BCUT2D eigenvalue weighted by Crippen LogP contribution is 2.65. The lowest BCUT2D eigenvalue weighted by Crippen LogP contribution is -2.30. The smallest absolute Gasteiger partial charge is 0.171 e. The zero-order chi connectivity index (χ0) is 14.7. The molecule has 2 atom stereocenters. The van der Waals surface area contributed by atoms with Crippen molar-refractivity contribution in [2.24, 2.45) is 28.1 Å². The molecule has 0 aliphatic heterocycles. The van der Waals surface area contributed by atoms with Gasteiger partial charge in [0.15, 0.2) is 0 Å². The van der Waals surface area contributed by atoms with Gasteiger partial charge < -0.3 is 0 Å². The number of rotatable bonds is 4. The summed E-state index contributed by atoms with van der Waals surface area (Å²) in [6, 6.07) is 0. The lowest BCUT2D eigenvalue weighted by atomic mass is 9.75. The van der Waals surface area contributed by atoms with Crippen molar-refractivity contribution >= 4 is 0 Å². The van der Waals surface area contributed by atoms with E-state index in [1.165, 1.54) is 6.42 Å². The second kappa shape index (κ2) is 4.14. The van der Waals surface area contributed by atoms with Gasteiger partial charge in [-0.25, -0.2) is 0 Å². The molecule has 0 aromatic carbocycles. The Morgan fingerprint density at radius 2 is 1.53 bits per heavy atom. The molecular formula is C16H27F3. The minimum absolute atomic E-state index is 0.184. The normalized spacial score (nSPS) is 30.3. The Morgan fingerprint density at radius 3 is 1.84 bits per heavy atom. The van der Waals surface area contributed by atoms with Crippen molar-refractivity contribution in [1.82, 2.24) is 0 Å². The second-order valence-corrected chi connectivity index (χ2v) is 8.79. The summed E-state index contributed by atoms with van der Waals surface area (Å²) in [5.74, 6) is 1.34. The molecule has 19 heavy (non-hydrogen) atoms. The molecule has 0 heterocycles. The van der Waals surface area contributed by atoms with E-state index in [9.17, 15) is 13.2 Å². The van der Waals surface area contributed by atoms with Gasteiger partial charge in [0.1, 0.15) is 0 Å². The van der Waals surface area contributed by atoms with Gasteiger partial charge in [-0.1, -0.05) is 34.6 Å². The molecule has 0 radical (unpaired) electrons. The van der Waals surface area contributed by atoms with Crippen molar-refractivity contribution in [2.75, 3.05) is 0 Å². The Kier molecular flexibility index (Phi) is 3.31. The molecule has 3 heteroatoms. The van der Waals surface area contributed by atoms with Gasteiger partial charge in [0, 0.05) is 0 Å². The molecule has 0 aromatic heterocycles. The van der Waals surface area contributed by atoms with Crippen molar-refractivity contribution in [3.05, 3.63) is 0 Å². The zero-order valence-electron chi connectivity index (χ0n) is 12.8. The molecule has 2 aliphatic rings. The summed E-state index contributed by atoms with van der Waals surface area (Å²) in [6.07, 6.45) is -0.854. The molecule has 0 aromatic rings. The average Bonchev–Trinajstić information content (AvgIpc) is 2.95. The van der Waals surface area contributed by atoms with Crippen molar-refractivity contribution < 1.29 is 13.2 Å². The summed E-state index contributed by atoms with van der Waals surface area (Å²) in [5, 5.41) is 0. The van der Waals surface area contributed by atoms with Gasteiger partial charge in [-0.3, -0.25) is 0 Å². The fraction of sp³-hybridized carbons (Fsp3) is 1.00. The number of halogens is 3. The Labute approximate surface area is 115 Å². The molecule has 0 N–H and O–H groups in total. The molecule has 2 aliphatic carbocycles. The van der Waals surface area contributed by atoms with Gasteiger partial charge in [0.05, 0.1) is 5.41 Å². The number of hydrogen-bond acceptors (Lipinski definition) is 0. The van der Waals surface area contributed by atoms with Crippen LogP contribution in [-0.2, 0) is 0 Å². The molecule has 0 saturated heterocycles. The van der Waals surface area contributed by atoms with Crippen LogP contribution in [0.4, 0.5) is 13.2 Å². The molecule has 2 unspecified atom stereocenters. The van der Waals surface area contributed by atoms with E-state index < -0.39 is 11.6 Å². The molecule has 112 valence electrons. The van der Waals surface area contributed by atoms with Gasteiger partial charge in [0.2, 0.25) is 0 Å². The minimum Gasteiger partial charge on any atom is -0.171 e. The summed E-state index contributed by atoms with van der Waals surface area (Å²) in [4.78, 5) is 0. The van der Waals surface area contributed by atoms with Crippen LogP contribution in [0, 0.1) is 28.1 Å². The van der Waals surface area contributed by atoms with Crippen LogP contribution in [0.2, 0.25) is 0 Å². The van der Waals surface area contributed by atoms with Crippen LogP contribution in [0.1, 0.15) is 66.7 Å². The summed E-state index contributed by atoms with van der Waals surface area (Å²) in [6.45, 7) is 10.8. The summed E-state index contributed by atoms with van der Waals surface area (Å²) in [7, 11) is 0. The minimum atomic E-state index is -4.00. The van der Waals surface area contributed by atoms with Gasteiger partial charge in [0.25, 0.3) is 0 Å². The first-order valence-electron chi connectivity index (χ1n) is 7.43. The van der Waals surface area contributed by atoms with Gasteiger partial charge in [-0.05, 0) is 54.8 Å². The van der Waals surface area contributed by atoms with Crippen LogP contribution in [0.25, 0.3) is 0 Å². The Balaban J connectivity index is 1.91. The summed E-state index contributed by atoms with van der Waals surface area (Å²) >= 11 is 0. The van der Waals surface area contributed by atoms with Gasteiger partial charge >= 0.3 is 6.18 Å². The first kappa shape index (κ1) is 15.2. The largest absolute Gasteiger partial charge is 0.394 e. The maximum atomic E-state index is 13.0. The molecule has 0 bridgehead atoms. The topological polar surface area (TPSA) is 0 Å². The van der Waals surface area contributed by atoms with E-state index >= 15 is 0 Å². The lowest BCUT2D eigenvalue weighted by Gasteiger charge is -2.32. The molecule has 2 rings (SSSR count). The highest BCUT2D eigenvalue weighted by atomic mass is 19.4. The highest BCUT2D eigenvalue weighted by Gasteiger charge is 2.64. The predicted molar refractivity (Wildman–Crippen MR) is 71.8 cm³/mol. The van der Waals surface area contributed by atoms with E-state index in [1.54, 1.807) is 0 Å². The van der Waals surface area contributed by atoms with Crippen molar-refractivity contribution in [1.29, 1.82) is 0 Å². The van der Waals surface area contributed by atoms with E-state index in [0.717, 1.165) is 6.42 Å². The third kappa shape index (κ3) is 3.28. The van der Waals surface area contributed by atoms with Crippen LogP contribution in [0.3, 0.4) is 0 Å².